The van der Waals surface area contributed by atoms with Crippen molar-refractivity contribution in [3.63, 3.8) is 0 Å². The van der Waals surface area contributed by atoms with Gasteiger partial charge in [0.1, 0.15) is 5.92 Å². The molecule has 2 atom stereocenters. The van der Waals surface area contributed by atoms with E-state index in [0.29, 0.717) is 11.6 Å². The summed E-state index contributed by atoms with van der Waals surface area (Å²) in [6.07, 6.45) is 5.89. The lowest BCUT2D eigenvalue weighted by atomic mass is 9.99. The van der Waals surface area contributed by atoms with Gasteiger partial charge in [0.15, 0.2) is 11.4 Å². The lowest BCUT2D eigenvalue weighted by Gasteiger charge is -2.28. The summed E-state index contributed by atoms with van der Waals surface area (Å²) in [7, 11) is 0. The molecule has 1 aromatic carbocycles. The summed E-state index contributed by atoms with van der Waals surface area (Å²) in [5, 5.41) is 0.686. The molecule has 0 amide bonds. The zero-order valence-electron chi connectivity index (χ0n) is 14.3. The maximum Gasteiger partial charge on any atom is 0.314 e. The van der Waals surface area contributed by atoms with Crippen LogP contribution in [0.5, 0.6) is 0 Å². The van der Waals surface area contributed by atoms with E-state index in [-0.39, 0.29) is 11.9 Å². The van der Waals surface area contributed by atoms with Crippen molar-refractivity contribution in [3.05, 3.63) is 46.5 Å². The van der Waals surface area contributed by atoms with Gasteiger partial charge in [0, 0.05) is 23.1 Å². The molecule has 25 heavy (non-hydrogen) atoms. The normalized spacial score (nSPS) is 20.4. The summed E-state index contributed by atoms with van der Waals surface area (Å²) in [5.41, 5.74) is 0.953. The number of rotatable bonds is 5. The Hall–Kier alpha value is -1.63. The van der Waals surface area contributed by atoms with Crippen LogP contribution in [0.4, 0.5) is 0 Å². The van der Waals surface area contributed by atoms with Crippen LogP contribution in [0.2, 0.25) is 5.02 Å². The van der Waals surface area contributed by atoms with Crippen molar-refractivity contribution in [2.45, 2.75) is 26.4 Å². The van der Waals surface area contributed by atoms with Gasteiger partial charge in [-0.3, -0.25) is 13.9 Å². The highest BCUT2D eigenvalue weighted by molar-refractivity contribution is 7.71. The minimum atomic E-state index is -0.0696. The first-order valence-electron chi connectivity index (χ1n) is 8.62. The van der Waals surface area contributed by atoms with Gasteiger partial charge in [-0.05, 0) is 50.2 Å². The number of hydrogen-bond donors (Lipinski definition) is 1. The highest BCUT2D eigenvalue weighted by atomic mass is 35.5. The second-order valence-corrected chi connectivity index (χ2v) is 7.16. The van der Waals surface area contributed by atoms with Gasteiger partial charge in [-0.25, -0.2) is 0 Å². The van der Waals surface area contributed by atoms with Crippen LogP contribution in [0.15, 0.2) is 36.7 Å². The second kappa shape index (κ2) is 8.17. The van der Waals surface area contributed by atoms with Gasteiger partial charge >= 0.3 is 5.97 Å². The number of imidazole rings is 1. The van der Waals surface area contributed by atoms with Crippen LogP contribution >= 0.6 is 23.8 Å². The number of carbonyl (C=O) groups is 1. The average molecular weight is 381 g/mol. The van der Waals surface area contributed by atoms with Crippen LogP contribution in [0.1, 0.15) is 19.8 Å². The number of quaternary nitrogens is 1. The summed E-state index contributed by atoms with van der Waals surface area (Å²) in [5.74, 6) is -0.0762. The molecule has 1 aliphatic rings. The van der Waals surface area contributed by atoms with Crippen molar-refractivity contribution in [2.24, 2.45) is 5.92 Å². The molecule has 1 aliphatic heterocycles. The summed E-state index contributed by atoms with van der Waals surface area (Å²) in [6, 6.07) is 7.64. The van der Waals surface area contributed by atoms with Crippen molar-refractivity contribution >= 4 is 29.8 Å². The number of ether oxygens (including phenoxy) is 1. The molecule has 0 saturated carbocycles. The maximum atomic E-state index is 12.0. The summed E-state index contributed by atoms with van der Waals surface area (Å²) in [4.78, 5) is 13.4. The predicted octanol–water partition coefficient (Wildman–Crippen LogP) is 2.48. The Kier molecular flexibility index (Phi) is 5.93. The molecule has 7 heteroatoms. The molecule has 0 radical (unpaired) electrons. The van der Waals surface area contributed by atoms with Gasteiger partial charge in [-0.15, -0.1) is 0 Å². The number of piperidine rings is 1. The van der Waals surface area contributed by atoms with E-state index in [1.165, 1.54) is 4.90 Å². The number of benzene rings is 1. The molecule has 5 nitrogen and oxygen atoms in total. The number of halogens is 1. The highest BCUT2D eigenvalue weighted by Gasteiger charge is 2.29. The Balaban J connectivity index is 1.71. The zero-order chi connectivity index (χ0) is 17.8. The van der Waals surface area contributed by atoms with E-state index >= 15 is 0 Å². The first-order chi connectivity index (χ1) is 12.1. The largest absolute Gasteiger partial charge is 0.466 e. The van der Waals surface area contributed by atoms with Crippen molar-refractivity contribution < 1.29 is 14.4 Å². The Morgan fingerprint density at radius 3 is 3.04 bits per heavy atom. The average Bonchev–Trinajstić information content (AvgIpc) is 2.96. The summed E-state index contributed by atoms with van der Waals surface area (Å²) < 4.78 is 9.92. The fraction of sp³-hybridized carbons (Fsp3) is 0.444. The third-order valence-corrected chi connectivity index (χ3v) is 5.23. The van der Waals surface area contributed by atoms with Crippen LogP contribution in [0, 0.1) is 10.7 Å². The minimum absolute atomic E-state index is 0.00659. The summed E-state index contributed by atoms with van der Waals surface area (Å²) in [6.45, 7) is 4.88. The van der Waals surface area contributed by atoms with E-state index in [2.05, 4.69) is 4.57 Å². The molecule has 1 fully saturated rings. The Morgan fingerprint density at radius 2 is 2.28 bits per heavy atom. The fourth-order valence-corrected chi connectivity index (χ4v) is 3.83. The van der Waals surface area contributed by atoms with Gasteiger partial charge in [-0.1, -0.05) is 17.7 Å². The van der Waals surface area contributed by atoms with E-state index < -0.39 is 0 Å². The van der Waals surface area contributed by atoms with Gasteiger partial charge in [0.2, 0.25) is 0 Å². The minimum Gasteiger partial charge on any atom is -0.466 e. The molecule has 1 saturated heterocycles. The van der Waals surface area contributed by atoms with E-state index in [1.807, 2.05) is 48.1 Å². The number of esters is 1. The van der Waals surface area contributed by atoms with E-state index in [1.54, 1.807) is 0 Å². The zero-order valence-corrected chi connectivity index (χ0v) is 15.9. The smallest absolute Gasteiger partial charge is 0.314 e. The third kappa shape index (κ3) is 4.32. The molecule has 0 aliphatic carbocycles. The molecule has 0 bridgehead atoms. The predicted molar refractivity (Wildman–Crippen MR) is 99.7 cm³/mol. The molecule has 134 valence electrons. The molecule has 0 spiro atoms. The molecular formula is C18H23ClN3O2S+. The summed E-state index contributed by atoms with van der Waals surface area (Å²) >= 11 is 11.7. The van der Waals surface area contributed by atoms with Crippen LogP contribution in [0.25, 0.3) is 5.69 Å². The van der Waals surface area contributed by atoms with Crippen LogP contribution in [-0.2, 0) is 16.2 Å². The molecule has 3 rings (SSSR count). The third-order valence-electron chi connectivity index (χ3n) is 4.57. The van der Waals surface area contributed by atoms with Crippen molar-refractivity contribution in [3.8, 4) is 5.69 Å². The van der Waals surface area contributed by atoms with Gasteiger partial charge in [0.25, 0.3) is 0 Å². The fourth-order valence-electron chi connectivity index (χ4n) is 3.35. The van der Waals surface area contributed by atoms with Gasteiger partial charge < -0.3 is 9.64 Å². The number of nitrogens with zero attached hydrogens (tertiary/aromatic N) is 2. The van der Waals surface area contributed by atoms with Crippen molar-refractivity contribution in [2.75, 3.05) is 19.7 Å². The molecule has 2 aromatic rings. The quantitative estimate of drug-likeness (QED) is 0.640. The maximum absolute atomic E-state index is 12.0. The van der Waals surface area contributed by atoms with E-state index in [0.717, 1.165) is 43.1 Å². The van der Waals surface area contributed by atoms with Gasteiger partial charge in [-0.2, -0.15) is 0 Å². The van der Waals surface area contributed by atoms with Gasteiger partial charge in [0.05, 0.1) is 19.7 Å². The Labute approximate surface area is 157 Å². The van der Waals surface area contributed by atoms with Crippen LogP contribution in [-0.4, -0.2) is 34.8 Å². The molecule has 1 aromatic heterocycles. The molecular weight excluding hydrogens is 358 g/mol. The number of aromatic nitrogens is 2. The second-order valence-electron chi connectivity index (χ2n) is 6.35. The number of hydrogen-bond acceptors (Lipinski definition) is 3. The lowest BCUT2D eigenvalue weighted by Crippen LogP contribution is -3.13. The Morgan fingerprint density at radius 1 is 1.44 bits per heavy atom. The Bertz CT molecular complexity index is 802. The van der Waals surface area contributed by atoms with Crippen molar-refractivity contribution in [1.29, 1.82) is 0 Å². The first-order valence-corrected chi connectivity index (χ1v) is 9.41. The molecule has 2 heterocycles. The first kappa shape index (κ1) is 18.2. The van der Waals surface area contributed by atoms with E-state index in [4.69, 9.17) is 28.6 Å². The van der Waals surface area contributed by atoms with E-state index in [9.17, 15) is 4.79 Å². The standard InChI is InChI=1S/C18H22ClN3O2S/c1-2-24-17(23)14-5-4-8-20(12-14)13-21-9-10-22(18(21)25)16-7-3-6-15(19)11-16/h3,6-7,9-11,14H,2,4-5,8,12-13H2,1H3/p+1/t14-/m0/s1. The number of likely N-dealkylation sites (tertiary alicyclic amines) is 1. The molecule has 1 N–H and O–H groups in total. The van der Waals surface area contributed by atoms with Crippen molar-refractivity contribution in [1.82, 2.24) is 9.13 Å². The van der Waals surface area contributed by atoms with Crippen LogP contribution < -0.4 is 4.90 Å². The lowest BCUT2D eigenvalue weighted by molar-refractivity contribution is -0.930. The monoisotopic (exact) mass is 380 g/mol. The topological polar surface area (TPSA) is 40.6 Å². The number of carbonyl (C=O) groups excluding carboxylic acids is 1. The number of nitrogens with one attached hydrogen (secondary N) is 1. The molecule has 1 unspecified atom stereocenters. The highest BCUT2D eigenvalue weighted by Crippen LogP contribution is 2.16. The SMILES string of the molecule is CCOC(=O)[C@H]1CCC[NH+](Cn2ccn(-c3cccc(Cl)c3)c2=S)C1. The van der Waals surface area contributed by atoms with Crippen LogP contribution in [0.3, 0.4) is 0 Å².